The summed E-state index contributed by atoms with van der Waals surface area (Å²) in [6.07, 6.45) is 1.80. The quantitative estimate of drug-likeness (QED) is 0.260. The number of benzene rings is 1. The number of rotatable bonds is 13. The number of carbonyl (C=O) groups is 4. The summed E-state index contributed by atoms with van der Waals surface area (Å²) in [6, 6.07) is 4.31. The van der Waals surface area contributed by atoms with Crippen LogP contribution in [-0.4, -0.2) is 117 Å². The maximum Gasteiger partial charge on any atom is 0.262 e. The number of piperidine rings is 1. The minimum Gasteiger partial charge on any atom is -0.380 e. The average Bonchev–Trinajstić information content (AvgIpc) is 3.09. The summed E-state index contributed by atoms with van der Waals surface area (Å²) in [7, 11) is 0. The van der Waals surface area contributed by atoms with Crippen molar-refractivity contribution in [3.05, 3.63) is 34.9 Å². The number of hydrogen-bond donors (Lipinski definition) is 2. The van der Waals surface area contributed by atoms with Crippen LogP contribution < -0.4 is 11.1 Å². The number of aryl methyl sites for hydroxylation is 1. The van der Waals surface area contributed by atoms with Gasteiger partial charge in [-0.25, -0.2) is 0 Å². The average molecular weight is 528 g/mol. The van der Waals surface area contributed by atoms with E-state index in [1.54, 1.807) is 12.1 Å². The second-order valence-electron chi connectivity index (χ2n) is 10.9. The number of imide groups is 2. The molecule has 1 spiro atoms. The van der Waals surface area contributed by atoms with E-state index in [4.69, 9.17) is 15.2 Å². The Morgan fingerprint density at radius 1 is 0.895 bits per heavy atom. The van der Waals surface area contributed by atoms with Gasteiger partial charge in [0.2, 0.25) is 11.8 Å². The van der Waals surface area contributed by atoms with E-state index in [1.807, 2.05) is 6.07 Å². The molecule has 0 saturated carbocycles. The van der Waals surface area contributed by atoms with Crippen molar-refractivity contribution in [2.45, 2.75) is 31.7 Å². The van der Waals surface area contributed by atoms with Crippen LogP contribution in [-0.2, 0) is 25.5 Å². The molecule has 4 heterocycles. The summed E-state index contributed by atoms with van der Waals surface area (Å²) in [4.78, 5) is 55.3. The maximum atomic E-state index is 13.0. The van der Waals surface area contributed by atoms with Gasteiger partial charge in [-0.2, -0.15) is 0 Å². The van der Waals surface area contributed by atoms with E-state index in [-0.39, 0.29) is 18.7 Å². The molecule has 38 heavy (non-hydrogen) atoms. The third kappa shape index (κ3) is 5.67. The standard InChI is InChI=1S/C27H37N5O6/c28-7-11-38-13-9-31-17-27(18-31)15-30(16-27)8-12-37-10-1-2-19-3-4-20-21(14-19)26(36)32(25(20)35)22-5-6-23(33)29-24(22)34/h3-4,14,22H,1-2,5-13,15-18,28H2,(H,29,33,34). The molecule has 11 nitrogen and oxygen atoms in total. The molecule has 3 N–H and O–H groups in total. The molecule has 206 valence electrons. The van der Waals surface area contributed by atoms with Crippen LogP contribution in [0.1, 0.15) is 45.5 Å². The number of amides is 4. The van der Waals surface area contributed by atoms with Crippen LogP contribution in [0, 0.1) is 5.41 Å². The van der Waals surface area contributed by atoms with Gasteiger partial charge in [-0.05, 0) is 37.0 Å². The number of nitrogens with two attached hydrogens (primary N) is 1. The first-order valence-corrected chi connectivity index (χ1v) is 13.5. The first-order chi connectivity index (χ1) is 18.4. The number of ether oxygens (including phenoxy) is 2. The number of fused-ring (bicyclic) bond motifs is 1. The van der Waals surface area contributed by atoms with Crippen LogP contribution in [0.4, 0.5) is 0 Å². The highest BCUT2D eigenvalue weighted by Gasteiger charge is 2.50. The Bertz CT molecular complexity index is 1080. The van der Waals surface area contributed by atoms with Crippen molar-refractivity contribution in [2.75, 3.05) is 72.2 Å². The van der Waals surface area contributed by atoms with E-state index in [2.05, 4.69) is 15.1 Å². The van der Waals surface area contributed by atoms with Gasteiger partial charge in [-0.3, -0.25) is 39.2 Å². The molecule has 4 amide bonds. The Morgan fingerprint density at radius 3 is 2.21 bits per heavy atom. The van der Waals surface area contributed by atoms with E-state index in [9.17, 15) is 19.2 Å². The third-order valence-electron chi connectivity index (χ3n) is 7.86. The molecule has 3 fully saturated rings. The second kappa shape index (κ2) is 11.6. The van der Waals surface area contributed by atoms with Gasteiger partial charge in [0.1, 0.15) is 6.04 Å². The van der Waals surface area contributed by atoms with E-state index in [1.165, 1.54) is 0 Å². The molecule has 1 unspecified atom stereocenters. The normalized spacial score (nSPS) is 23.0. The molecule has 0 aliphatic carbocycles. The molecule has 1 aromatic rings. The molecule has 0 aromatic heterocycles. The van der Waals surface area contributed by atoms with Crippen molar-refractivity contribution in [3.8, 4) is 0 Å². The lowest BCUT2D eigenvalue weighted by Gasteiger charge is -2.60. The Labute approximate surface area is 222 Å². The second-order valence-corrected chi connectivity index (χ2v) is 10.9. The first-order valence-electron chi connectivity index (χ1n) is 13.5. The summed E-state index contributed by atoms with van der Waals surface area (Å²) < 4.78 is 11.3. The summed E-state index contributed by atoms with van der Waals surface area (Å²) in [6.45, 7) is 9.77. The zero-order chi connectivity index (χ0) is 26.7. The molecule has 5 rings (SSSR count). The van der Waals surface area contributed by atoms with Crippen molar-refractivity contribution < 1.29 is 28.7 Å². The monoisotopic (exact) mass is 527 g/mol. The van der Waals surface area contributed by atoms with E-state index in [0.29, 0.717) is 42.9 Å². The number of hydrogen-bond acceptors (Lipinski definition) is 9. The largest absolute Gasteiger partial charge is 0.380 e. The molecular formula is C27H37N5O6. The zero-order valence-electron chi connectivity index (χ0n) is 21.8. The summed E-state index contributed by atoms with van der Waals surface area (Å²) in [5.41, 5.74) is 7.48. The van der Waals surface area contributed by atoms with Gasteiger partial charge in [-0.15, -0.1) is 0 Å². The fourth-order valence-corrected chi connectivity index (χ4v) is 6.05. The van der Waals surface area contributed by atoms with Crippen LogP contribution in [0.3, 0.4) is 0 Å². The van der Waals surface area contributed by atoms with E-state index < -0.39 is 23.8 Å². The Hall–Kier alpha value is -2.70. The van der Waals surface area contributed by atoms with Gasteiger partial charge in [-0.1, -0.05) is 6.07 Å². The smallest absolute Gasteiger partial charge is 0.262 e. The predicted molar refractivity (Wildman–Crippen MR) is 137 cm³/mol. The van der Waals surface area contributed by atoms with Crippen molar-refractivity contribution >= 4 is 23.6 Å². The van der Waals surface area contributed by atoms with Crippen molar-refractivity contribution in [3.63, 3.8) is 0 Å². The lowest BCUT2D eigenvalue weighted by molar-refractivity contribution is -0.136. The summed E-state index contributed by atoms with van der Waals surface area (Å²) in [5, 5.41) is 2.22. The molecule has 1 aromatic carbocycles. The topological polar surface area (TPSA) is 135 Å². The van der Waals surface area contributed by atoms with Crippen molar-refractivity contribution in [1.82, 2.24) is 20.0 Å². The minimum absolute atomic E-state index is 0.109. The molecule has 0 radical (unpaired) electrons. The van der Waals surface area contributed by atoms with Gasteiger partial charge >= 0.3 is 0 Å². The third-order valence-corrected chi connectivity index (χ3v) is 7.86. The van der Waals surface area contributed by atoms with Gasteiger partial charge < -0.3 is 15.2 Å². The zero-order valence-corrected chi connectivity index (χ0v) is 21.8. The molecule has 4 aliphatic rings. The van der Waals surface area contributed by atoms with E-state index in [0.717, 1.165) is 69.2 Å². The first kappa shape index (κ1) is 26.9. The van der Waals surface area contributed by atoms with Crippen molar-refractivity contribution in [1.29, 1.82) is 0 Å². The SMILES string of the molecule is NCCOCCN1CC2(C1)CN(CCOCCCc1ccc3c(c1)C(=O)N(C1CCC(=O)NC1=O)C3=O)C2. The molecule has 3 saturated heterocycles. The van der Waals surface area contributed by atoms with Gasteiger partial charge in [0, 0.05) is 64.3 Å². The molecular weight excluding hydrogens is 490 g/mol. The van der Waals surface area contributed by atoms with Crippen LogP contribution in [0.15, 0.2) is 18.2 Å². The maximum absolute atomic E-state index is 13.0. The van der Waals surface area contributed by atoms with Crippen LogP contribution in [0.2, 0.25) is 0 Å². The van der Waals surface area contributed by atoms with Gasteiger partial charge in [0.15, 0.2) is 0 Å². The highest BCUT2D eigenvalue weighted by molar-refractivity contribution is 6.23. The van der Waals surface area contributed by atoms with E-state index >= 15 is 0 Å². The van der Waals surface area contributed by atoms with Crippen LogP contribution in [0.5, 0.6) is 0 Å². The summed E-state index contributed by atoms with van der Waals surface area (Å²) in [5.74, 6) is -1.93. The highest BCUT2D eigenvalue weighted by Crippen LogP contribution is 2.39. The lowest BCUT2D eigenvalue weighted by atomic mass is 9.73. The van der Waals surface area contributed by atoms with Crippen molar-refractivity contribution in [2.24, 2.45) is 11.1 Å². The predicted octanol–water partition coefficient (Wildman–Crippen LogP) is -0.370. The van der Waals surface area contributed by atoms with Crippen LogP contribution >= 0.6 is 0 Å². The Balaban J connectivity index is 0.975. The lowest BCUT2D eigenvalue weighted by Crippen LogP contribution is -2.72. The Morgan fingerprint density at radius 2 is 1.55 bits per heavy atom. The molecule has 1 atom stereocenters. The number of carbonyl (C=O) groups excluding carboxylic acids is 4. The summed E-state index contributed by atoms with van der Waals surface area (Å²) >= 11 is 0. The van der Waals surface area contributed by atoms with Gasteiger partial charge in [0.25, 0.3) is 11.8 Å². The highest BCUT2D eigenvalue weighted by atomic mass is 16.5. The fraction of sp³-hybridized carbons (Fsp3) is 0.630. The van der Waals surface area contributed by atoms with Crippen LogP contribution in [0.25, 0.3) is 0 Å². The Kier molecular flexibility index (Phi) is 8.20. The molecule has 11 heteroatoms. The number of nitrogens with zero attached hydrogens (tertiary/aromatic N) is 3. The minimum atomic E-state index is -0.942. The van der Waals surface area contributed by atoms with Gasteiger partial charge in [0.05, 0.1) is 30.9 Å². The molecule has 0 bridgehead atoms. The fourth-order valence-electron chi connectivity index (χ4n) is 6.05. The number of likely N-dealkylation sites (tertiary alicyclic amines) is 2. The number of nitrogens with one attached hydrogen (secondary N) is 1. The molecule has 4 aliphatic heterocycles.